The SMILES string of the molecule is C#Cc1cccc(NC(=O)CN(C)C(=O)C2CC2c2ccc(F)cc2)c1. The maximum atomic E-state index is 13.0. The molecule has 0 aliphatic heterocycles. The van der Waals surface area contributed by atoms with Gasteiger partial charge in [0, 0.05) is 24.2 Å². The molecule has 26 heavy (non-hydrogen) atoms. The number of carbonyl (C=O) groups is 2. The minimum atomic E-state index is -0.292. The first-order valence-electron chi connectivity index (χ1n) is 8.35. The highest BCUT2D eigenvalue weighted by atomic mass is 19.1. The van der Waals surface area contributed by atoms with E-state index in [1.807, 2.05) is 0 Å². The molecule has 4 nitrogen and oxygen atoms in total. The zero-order chi connectivity index (χ0) is 18.7. The molecular weight excluding hydrogens is 331 g/mol. The van der Waals surface area contributed by atoms with Crippen LogP contribution in [0.1, 0.15) is 23.5 Å². The van der Waals surface area contributed by atoms with Crippen molar-refractivity contribution in [3.63, 3.8) is 0 Å². The predicted molar refractivity (Wildman–Crippen MR) is 97.9 cm³/mol. The highest BCUT2D eigenvalue weighted by molar-refractivity contribution is 5.95. The molecule has 0 bridgehead atoms. The van der Waals surface area contributed by atoms with E-state index in [1.54, 1.807) is 43.4 Å². The van der Waals surface area contributed by atoms with Crippen LogP contribution in [0.15, 0.2) is 48.5 Å². The lowest BCUT2D eigenvalue weighted by atomic mass is 10.1. The Kier molecular flexibility index (Phi) is 5.04. The number of carbonyl (C=O) groups excluding carboxylic acids is 2. The van der Waals surface area contributed by atoms with Crippen LogP contribution in [0.5, 0.6) is 0 Å². The highest BCUT2D eigenvalue weighted by Crippen LogP contribution is 2.48. The summed E-state index contributed by atoms with van der Waals surface area (Å²) in [6.45, 7) is -0.0360. The molecule has 2 atom stereocenters. The van der Waals surface area contributed by atoms with Crippen LogP contribution in [0, 0.1) is 24.1 Å². The van der Waals surface area contributed by atoms with Crippen molar-refractivity contribution < 1.29 is 14.0 Å². The maximum Gasteiger partial charge on any atom is 0.243 e. The van der Waals surface area contributed by atoms with Crippen molar-refractivity contribution in [3.8, 4) is 12.3 Å². The summed E-state index contributed by atoms with van der Waals surface area (Å²) in [5, 5.41) is 2.74. The van der Waals surface area contributed by atoms with Crippen LogP contribution in [-0.2, 0) is 9.59 Å². The van der Waals surface area contributed by atoms with E-state index < -0.39 is 0 Å². The Morgan fingerprint density at radius 1 is 1.27 bits per heavy atom. The van der Waals surface area contributed by atoms with E-state index in [-0.39, 0.29) is 36.0 Å². The summed E-state index contributed by atoms with van der Waals surface area (Å²) in [6, 6.07) is 13.2. The van der Waals surface area contributed by atoms with Crippen molar-refractivity contribution in [2.45, 2.75) is 12.3 Å². The molecule has 1 N–H and O–H groups in total. The van der Waals surface area contributed by atoms with Crippen molar-refractivity contribution >= 4 is 17.5 Å². The number of anilines is 1. The Hall–Kier alpha value is -3.13. The van der Waals surface area contributed by atoms with Gasteiger partial charge in [-0.25, -0.2) is 4.39 Å². The van der Waals surface area contributed by atoms with Gasteiger partial charge in [-0.05, 0) is 48.2 Å². The van der Waals surface area contributed by atoms with Crippen molar-refractivity contribution in [2.24, 2.45) is 5.92 Å². The lowest BCUT2D eigenvalue weighted by molar-refractivity contribution is -0.134. The topological polar surface area (TPSA) is 49.4 Å². The van der Waals surface area contributed by atoms with Gasteiger partial charge < -0.3 is 10.2 Å². The van der Waals surface area contributed by atoms with Gasteiger partial charge in [0.2, 0.25) is 11.8 Å². The molecule has 0 heterocycles. The number of hydrogen-bond acceptors (Lipinski definition) is 2. The number of amides is 2. The van der Waals surface area contributed by atoms with E-state index >= 15 is 0 Å². The zero-order valence-corrected chi connectivity index (χ0v) is 14.4. The molecule has 0 radical (unpaired) electrons. The molecule has 0 saturated heterocycles. The van der Waals surface area contributed by atoms with Crippen LogP contribution in [0.4, 0.5) is 10.1 Å². The Morgan fingerprint density at radius 3 is 2.69 bits per heavy atom. The second kappa shape index (κ2) is 7.40. The van der Waals surface area contributed by atoms with E-state index in [9.17, 15) is 14.0 Å². The number of rotatable bonds is 5. The Morgan fingerprint density at radius 2 is 2.00 bits per heavy atom. The maximum absolute atomic E-state index is 13.0. The molecule has 2 amide bonds. The van der Waals surface area contributed by atoms with Crippen LogP contribution >= 0.6 is 0 Å². The molecular formula is C21H19FN2O2. The van der Waals surface area contributed by atoms with Gasteiger partial charge >= 0.3 is 0 Å². The third-order valence-corrected chi connectivity index (χ3v) is 4.48. The number of nitrogens with one attached hydrogen (secondary N) is 1. The van der Waals surface area contributed by atoms with E-state index in [0.29, 0.717) is 11.3 Å². The number of hydrogen-bond donors (Lipinski definition) is 1. The minimum Gasteiger partial charge on any atom is -0.336 e. The number of likely N-dealkylation sites (N-methyl/N-ethyl adjacent to an activating group) is 1. The van der Waals surface area contributed by atoms with Crippen LogP contribution in [-0.4, -0.2) is 30.3 Å². The molecule has 0 aromatic heterocycles. The number of halogens is 1. The summed E-state index contributed by atoms with van der Waals surface area (Å²) in [7, 11) is 1.61. The summed E-state index contributed by atoms with van der Waals surface area (Å²) < 4.78 is 13.0. The summed E-state index contributed by atoms with van der Waals surface area (Å²) in [6.07, 6.45) is 6.07. The molecule has 2 unspecified atom stereocenters. The molecule has 0 spiro atoms. The predicted octanol–water partition coefficient (Wildman–Crippen LogP) is 3.01. The third kappa shape index (κ3) is 4.09. The molecule has 3 rings (SSSR count). The fraction of sp³-hybridized carbons (Fsp3) is 0.238. The van der Waals surface area contributed by atoms with Crippen LogP contribution in [0.3, 0.4) is 0 Å². The third-order valence-electron chi connectivity index (χ3n) is 4.48. The molecule has 132 valence electrons. The van der Waals surface area contributed by atoms with E-state index in [2.05, 4.69) is 11.2 Å². The average Bonchev–Trinajstić information content (AvgIpc) is 3.42. The van der Waals surface area contributed by atoms with Gasteiger partial charge in [-0.15, -0.1) is 6.42 Å². The van der Waals surface area contributed by atoms with Crippen molar-refractivity contribution in [1.82, 2.24) is 4.90 Å². The van der Waals surface area contributed by atoms with Gasteiger partial charge in [-0.1, -0.05) is 24.1 Å². The smallest absolute Gasteiger partial charge is 0.243 e. The second-order valence-corrected chi connectivity index (χ2v) is 6.47. The van der Waals surface area contributed by atoms with E-state index in [4.69, 9.17) is 6.42 Å². The molecule has 1 aliphatic rings. The van der Waals surface area contributed by atoms with Gasteiger partial charge in [0.25, 0.3) is 0 Å². The number of benzene rings is 2. The largest absolute Gasteiger partial charge is 0.336 e. The Balaban J connectivity index is 1.53. The fourth-order valence-corrected chi connectivity index (χ4v) is 3.01. The fourth-order valence-electron chi connectivity index (χ4n) is 3.01. The van der Waals surface area contributed by atoms with Crippen LogP contribution < -0.4 is 5.32 Å². The monoisotopic (exact) mass is 350 g/mol. The highest BCUT2D eigenvalue weighted by Gasteiger charge is 2.45. The van der Waals surface area contributed by atoms with Gasteiger partial charge in [-0.3, -0.25) is 9.59 Å². The van der Waals surface area contributed by atoms with E-state index in [0.717, 1.165) is 12.0 Å². The average molecular weight is 350 g/mol. The first-order chi connectivity index (χ1) is 12.5. The van der Waals surface area contributed by atoms with Crippen molar-refractivity contribution in [2.75, 3.05) is 18.9 Å². The van der Waals surface area contributed by atoms with Gasteiger partial charge in [0.15, 0.2) is 0 Å². The van der Waals surface area contributed by atoms with Gasteiger partial charge in [0.1, 0.15) is 5.82 Å². The second-order valence-electron chi connectivity index (χ2n) is 6.47. The zero-order valence-electron chi connectivity index (χ0n) is 14.4. The molecule has 5 heteroatoms. The first kappa shape index (κ1) is 17.7. The summed E-state index contributed by atoms with van der Waals surface area (Å²) >= 11 is 0. The molecule has 1 aliphatic carbocycles. The Bertz CT molecular complexity index is 870. The van der Waals surface area contributed by atoms with Crippen molar-refractivity contribution in [1.29, 1.82) is 0 Å². The minimum absolute atomic E-state index is 0.0360. The molecule has 2 aromatic carbocycles. The first-order valence-corrected chi connectivity index (χ1v) is 8.35. The Labute approximate surface area is 152 Å². The number of nitrogens with zero attached hydrogens (tertiary/aromatic N) is 1. The summed E-state index contributed by atoms with van der Waals surface area (Å²) in [5.41, 5.74) is 2.22. The quantitative estimate of drug-likeness (QED) is 0.843. The number of terminal acetylenes is 1. The van der Waals surface area contributed by atoms with Gasteiger partial charge in [-0.2, -0.15) is 0 Å². The van der Waals surface area contributed by atoms with Gasteiger partial charge in [0.05, 0.1) is 6.54 Å². The van der Waals surface area contributed by atoms with Crippen molar-refractivity contribution in [3.05, 3.63) is 65.5 Å². The lowest BCUT2D eigenvalue weighted by Gasteiger charge is -2.17. The molecule has 1 saturated carbocycles. The van der Waals surface area contributed by atoms with Crippen LogP contribution in [0.2, 0.25) is 0 Å². The van der Waals surface area contributed by atoms with E-state index in [1.165, 1.54) is 17.0 Å². The molecule has 2 aromatic rings. The molecule has 1 fully saturated rings. The summed E-state index contributed by atoms with van der Waals surface area (Å²) in [4.78, 5) is 26.1. The normalized spacial score (nSPS) is 17.9. The van der Waals surface area contributed by atoms with Crippen LogP contribution in [0.25, 0.3) is 0 Å². The standard InChI is InChI=1S/C21H19FN2O2/c1-3-14-5-4-6-17(11-14)23-20(25)13-24(2)21(26)19-12-18(19)15-7-9-16(22)10-8-15/h1,4-11,18-19H,12-13H2,2H3,(H,23,25). The summed E-state index contributed by atoms with van der Waals surface area (Å²) in [5.74, 6) is 1.80. The lowest BCUT2D eigenvalue weighted by Crippen LogP contribution is -2.36.